The largest absolute Gasteiger partial charge is 0.277 e. The lowest BCUT2D eigenvalue weighted by atomic mass is 10.1. The quantitative estimate of drug-likeness (QED) is 0.475. The van der Waals surface area contributed by atoms with Crippen LogP contribution in [0.15, 0.2) is 48.5 Å². The van der Waals surface area contributed by atoms with E-state index < -0.39 is 4.92 Å². The summed E-state index contributed by atoms with van der Waals surface area (Å²) < 4.78 is 13.2. The first-order valence-electron chi connectivity index (χ1n) is 5.75. The van der Waals surface area contributed by atoms with Crippen LogP contribution < -0.4 is 0 Å². The van der Waals surface area contributed by atoms with Gasteiger partial charge in [-0.3, -0.25) is 10.1 Å². The Bertz CT molecular complexity index is 636. The van der Waals surface area contributed by atoms with Crippen molar-refractivity contribution >= 4 is 11.8 Å². The van der Waals surface area contributed by atoms with Gasteiger partial charge in [-0.05, 0) is 42.3 Å². The minimum Gasteiger partial charge on any atom is -0.258 e. The summed E-state index contributed by atoms with van der Waals surface area (Å²) in [5, 5.41) is 11.1. The Morgan fingerprint density at radius 1 is 1.21 bits per heavy atom. The second-order valence-corrected chi connectivity index (χ2v) is 4.16. The average molecular weight is 257 g/mol. The molecule has 2 rings (SSSR count). The van der Waals surface area contributed by atoms with Gasteiger partial charge in [0, 0.05) is 6.08 Å². The molecule has 0 atom stereocenters. The van der Waals surface area contributed by atoms with Crippen molar-refractivity contribution in [1.29, 1.82) is 0 Å². The lowest BCUT2D eigenvalue weighted by Crippen LogP contribution is -1.97. The van der Waals surface area contributed by atoms with Gasteiger partial charge in [-0.1, -0.05) is 24.3 Å². The normalized spacial score (nSPS) is 11.4. The Labute approximate surface area is 110 Å². The van der Waals surface area contributed by atoms with Crippen LogP contribution in [0.1, 0.15) is 16.7 Å². The van der Waals surface area contributed by atoms with E-state index in [0.717, 1.165) is 0 Å². The van der Waals surface area contributed by atoms with Crippen molar-refractivity contribution < 1.29 is 9.31 Å². The van der Waals surface area contributed by atoms with Gasteiger partial charge < -0.3 is 0 Å². The third-order valence-electron chi connectivity index (χ3n) is 2.75. The van der Waals surface area contributed by atoms with E-state index in [-0.39, 0.29) is 11.5 Å². The Hall–Kier alpha value is -2.49. The van der Waals surface area contributed by atoms with Crippen molar-refractivity contribution in [1.82, 2.24) is 0 Å². The minimum atomic E-state index is -0.436. The topological polar surface area (TPSA) is 43.1 Å². The first kappa shape index (κ1) is 13.0. The standard InChI is InChI=1S/C15H12FNO2/c1-11-9-12(7-8-14(11)16)10-15(17(18)19)13-5-3-2-4-6-13/h2-10H,1H3. The van der Waals surface area contributed by atoms with Crippen LogP contribution in [0.25, 0.3) is 11.8 Å². The van der Waals surface area contributed by atoms with Crippen molar-refractivity contribution in [3.8, 4) is 0 Å². The van der Waals surface area contributed by atoms with Crippen LogP contribution in [0.3, 0.4) is 0 Å². The number of aryl methyl sites for hydroxylation is 1. The zero-order chi connectivity index (χ0) is 13.8. The Kier molecular flexibility index (Phi) is 3.71. The highest BCUT2D eigenvalue weighted by Crippen LogP contribution is 2.20. The number of hydrogen-bond acceptors (Lipinski definition) is 2. The van der Waals surface area contributed by atoms with E-state index in [9.17, 15) is 14.5 Å². The molecule has 0 aliphatic heterocycles. The molecule has 2 aromatic carbocycles. The molecule has 0 unspecified atom stereocenters. The zero-order valence-corrected chi connectivity index (χ0v) is 10.3. The summed E-state index contributed by atoms with van der Waals surface area (Å²) in [4.78, 5) is 10.7. The number of nitro groups is 1. The SMILES string of the molecule is Cc1cc(C=C(c2ccccc2)[N+](=O)[O-])ccc1F. The zero-order valence-electron chi connectivity index (χ0n) is 10.3. The highest BCUT2D eigenvalue weighted by molar-refractivity contribution is 5.76. The smallest absolute Gasteiger partial charge is 0.258 e. The van der Waals surface area contributed by atoms with Crippen molar-refractivity contribution in [2.75, 3.05) is 0 Å². The van der Waals surface area contributed by atoms with Gasteiger partial charge in [0.05, 0.1) is 10.5 Å². The fraction of sp³-hybridized carbons (Fsp3) is 0.0667. The van der Waals surface area contributed by atoms with Crippen LogP contribution in [-0.2, 0) is 0 Å². The molecule has 0 spiro atoms. The van der Waals surface area contributed by atoms with Gasteiger partial charge in [0.2, 0.25) is 0 Å². The number of rotatable bonds is 3. The summed E-state index contributed by atoms with van der Waals surface area (Å²) in [7, 11) is 0. The molecule has 0 aliphatic carbocycles. The number of halogens is 1. The predicted octanol–water partition coefficient (Wildman–Crippen LogP) is 3.91. The first-order valence-corrected chi connectivity index (χ1v) is 5.75. The molecule has 0 amide bonds. The van der Waals surface area contributed by atoms with Crippen molar-refractivity contribution in [3.63, 3.8) is 0 Å². The monoisotopic (exact) mass is 257 g/mol. The molecular weight excluding hydrogens is 245 g/mol. The van der Waals surface area contributed by atoms with E-state index in [1.165, 1.54) is 18.2 Å². The molecule has 0 bridgehead atoms. The van der Waals surface area contributed by atoms with Crippen molar-refractivity contribution in [2.24, 2.45) is 0 Å². The first-order chi connectivity index (χ1) is 9.08. The maximum absolute atomic E-state index is 13.2. The van der Waals surface area contributed by atoms with Crippen LogP contribution in [0.5, 0.6) is 0 Å². The van der Waals surface area contributed by atoms with Gasteiger partial charge in [0.25, 0.3) is 5.70 Å². The highest BCUT2D eigenvalue weighted by atomic mass is 19.1. The Morgan fingerprint density at radius 3 is 2.47 bits per heavy atom. The molecule has 4 heteroatoms. The molecule has 0 aliphatic rings. The fourth-order valence-electron chi connectivity index (χ4n) is 1.77. The van der Waals surface area contributed by atoms with E-state index in [1.807, 2.05) is 0 Å². The second-order valence-electron chi connectivity index (χ2n) is 4.16. The van der Waals surface area contributed by atoms with E-state index >= 15 is 0 Å². The van der Waals surface area contributed by atoms with Gasteiger partial charge in [-0.15, -0.1) is 0 Å². The maximum atomic E-state index is 13.2. The fourth-order valence-corrected chi connectivity index (χ4v) is 1.77. The van der Waals surface area contributed by atoms with E-state index in [2.05, 4.69) is 0 Å². The molecule has 3 nitrogen and oxygen atoms in total. The van der Waals surface area contributed by atoms with Gasteiger partial charge in [0.15, 0.2) is 0 Å². The van der Waals surface area contributed by atoms with E-state index in [0.29, 0.717) is 16.7 Å². The van der Waals surface area contributed by atoms with Crippen molar-refractivity contribution in [2.45, 2.75) is 6.92 Å². The summed E-state index contributed by atoms with van der Waals surface area (Å²) in [5.41, 5.74) is 1.58. The number of hydrogen-bond donors (Lipinski definition) is 0. The summed E-state index contributed by atoms with van der Waals surface area (Å²) in [5.74, 6) is -0.320. The molecule has 0 N–H and O–H groups in total. The molecule has 0 aromatic heterocycles. The lowest BCUT2D eigenvalue weighted by molar-refractivity contribution is -0.374. The third kappa shape index (κ3) is 3.04. The summed E-state index contributed by atoms with van der Waals surface area (Å²) in [6, 6.07) is 13.0. The molecule has 96 valence electrons. The number of nitrogens with zero attached hydrogens (tertiary/aromatic N) is 1. The van der Waals surface area contributed by atoms with E-state index in [1.54, 1.807) is 43.3 Å². The Balaban J connectivity index is 2.47. The van der Waals surface area contributed by atoms with Crippen LogP contribution in [0.2, 0.25) is 0 Å². The third-order valence-corrected chi connectivity index (χ3v) is 2.75. The van der Waals surface area contributed by atoms with Crippen molar-refractivity contribution in [3.05, 3.63) is 81.2 Å². The van der Waals surface area contributed by atoms with E-state index in [4.69, 9.17) is 0 Å². The molecular formula is C15H12FNO2. The molecule has 0 heterocycles. The van der Waals surface area contributed by atoms with Gasteiger partial charge >= 0.3 is 0 Å². The number of benzene rings is 2. The minimum absolute atomic E-state index is 0.00777. The van der Waals surface area contributed by atoms with Crippen LogP contribution in [-0.4, -0.2) is 4.92 Å². The van der Waals surface area contributed by atoms with Gasteiger partial charge in [0.1, 0.15) is 5.82 Å². The van der Waals surface area contributed by atoms with Gasteiger partial charge in [-0.25, -0.2) is 4.39 Å². The van der Waals surface area contributed by atoms with Crippen LogP contribution >= 0.6 is 0 Å². The summed E-state index contributed by atoms with van der Waals surface area (Å²) >= 11 is 0. The molecule has 0 saturated heterocycles. The molecule has 2 aromatic rings. The average Bonchev–Trinajstić information content (AvgIpc) is 2.40. The van der Waals surface area contributed by atoms with Crippen LogP contribution in [0, 0.1) is 22.9 Å². The lowest BCUT2D eigenvalue weighted by Gasteiger charge is -2.01. The molecule has 0 fully saturated rings. The maximum Gasteiger partial charge on any atom is 0.277 e. The summed E-state index contributed by atoms with van der Waals surface area (Å²) in [6.07, 6.45) is 1.45. The molecule has 0 saturated carbocycles. The summed E-state index contributed by atoms with van der Waals surface area (Å²) in [6.45, 7) is 1.63. The van der Waals surface area contributed by atoms with Gasteiger partial charge in [-0.2, -0.15) is 0 Å². The second kappa shape index (κ2) is 5.44. The Morgan fingerprint density at radius 2 is 1.89 bits per heavy atom. The van der Waals surface area contributed by atoms with Crippen LogP contribution in [0.4, 0.5) is 4.39 Å². The highest BCUT2D eigenvalue weighted by Gasteiger charge is 2.13. The molecule has 19 heavy (non-hydrogen) atoms. The molecule has 0 radical (unpaired) electrons. The predicted molar refractivity (Wildman–Crippen MR) is 72.4 cm³/mol.